The molecular formula is C17H21N3O7. The summed E-state index contributed by atoms with van der Waals surface area (Å²) in [5.74, 6) is -1.45. The van der Waals surface area contributed by atoms with E-state index < -0.39 is 34.4 Å². The highest BCUT2D eigenvalue weighted by molar-refractivity contribution is 5.95. The van der Waals surface area contributed by atoms with E-state index in [1.165, 1.54) is 20.1 Å². The summed E-state index contributed by atoms with van der Waals surface area (Å²) >= 11 is 0. The number of carbonyl (C=O) groups is 2. The zero-order valence-corrected chi connectivity index (χ0v) is 15.4. The number of hydrogen-bond donors (Lipinski definition) is 3. The molecule has 3 N–H and O–H groups in total. The van der Waals surface area contributed by atoms with Gasteiger partial charge in [0.2, 0.25) is 5.75 Å². The maximum Gasteiger partial charge on any atom is 0.338 e. The molecular weight excluding hydrogens is 358 g/mol. The van der Waals surface area contributed by atoms with Gasteiger partial charge in [0.25, 0.3) is 0 Å². The quantitative estimate of drug-likeness (QED) is 0.391. The van der Waals surface area contributed by atoms with Crippen LogP contribution in [0.3, 0.4) is 0 Å². The van der Waals surface area contributed by atoms with Crippen LogP contribution in [0.25, 0.3) is 0 Å². The highest BCUT2D eigenvalue weighted by Gasteiger charge is 2.35. The van der Waals surface area contributed by atoms with Crippen LogP contribution < -0.4 is 15.4 Å². The molecule has 0 bridgehead atoms. The van der Waals surface area contributed by atoms with Crippen LogP contribution in [0, 0.1) is 10.1 Å². The molecule has 0 radical (unpaired) electrons. The molecule has 0 fully saturated rings. The Bertz CT molecular complexity index is 819. The summed E-state index contributed by atoms with van der Waals surface area (Å²) in [4.78, 5) is 35.0. The van der Waals surface area contributed by atoms with Crippen molar-refractivity contribution in [3.63, 3.8) is 0 Å². The SMILES string of the molecule is CC[C@H](C)OC(=O)C1=C(C)NC(=O)N[C@@H]1c1cc(OC)c(O)c([N+](=O)[O-])c1. The van der Waals surface area contributed by atoms with Gasteiger partial charge in [-0.2, -0.15) is 0 Å². The van der Waals surface area contributed by atoms with Crippen molar-refractivity contribution in [2.45, 2.75) is 39.3 Å². The predicted molar refractivity (Wildman–Crippen MR) is 94.3 cm³/mol. The van der Waals surface area contributed by atoms with Crippen LogP contribution >= 0.6 is 0 Å². The summed E-state index contributed by atoms with van der Waals surface area (Å²) < 4.78 is 10.3. The molecule has 1 aromatic carbocycles. The monoisotopic (exact) mass is 379 g/mol. The van der Waals surface area contributed by atoms with E-state index >= 15 is 0 Å². The molecule has 146 valence electrons. The highest BCUT2D eigenvalue weighted by atomic mass is 16.6. The second-order valence-electron chi connectivity index (χ2n) is 6.04. The number of nitrogens with zero attached hydrogens (tertiary/aromatic N) is 1. The van der Waals surface area contributed by atoms with Crippen LogP contribution in [0.2, 0.25) is 0 Å². The Hall–Kier alpha value is -3.30. The Morgan fingerprint density at radius 1 is 1.44 bits per heavy atom. The van der Waals surface area contributed by atoms with Crippen molar-refractivity contribution in [3.8, 4) is 11.5 Å². The Labute approximate surface area is 155 Å². The second-order valence-corrected chi connectivity index (χ2v) is 6.04. The van der Waals surface area contributed by atoms with Gasteiger partial charge in [0.1, 0.15) is 0 Å². The number of esters is 1. The van der Waals surface area contributed by atoms with Crippen molar-refractivity contribution >= 4 is 17.7 Å². The standard InChI is InChI=1S/C17H21N3O7/c1-5-8(2)27-16(22)13-9(3)18-17(23)19-14(13)10-6-11(20(24)25)15(21)12(7-10)26-4/h6-8,14,21H,5H2,1-4H3,(H2,18,19,23)/t8-,14+/m0/s1. The largest absolute Gasteiger partial charge is 0.500 e. The van der Waals surface area contributed by atoms with Crippen LogP contribution in [0.4, 0.5) is 10.5 Å². The van der Waals surface area contributed by atoms with Gasteiger partial charge in [0.15, 0.2) is 5.75 Å². The van der Waals surface area contributed by atoms with E-state index in [2.05, 4.69) is 10.6 Å². The van der Waals surface area contributed by atoms with E-state index in [-0.39, 0.29) is 28.7 Å². The number of nitro groups is 1. The Morgan fingerprint density at radius 3 is 2.67 bits per heavy atom. The minimum Gasteiger partial charge on any atom is -0.500 e. The summed E-state index contributed by atoms with van der Waals surface area (Å²) in [5.41, 5.74) is -0.0326. The minimum atomic E-state index is -1.01. The van der Waals surface area contributed by atoms with Gasteiger partial charge < -0.3 is 25.2 Å². The highest BCUT2D eigenvalue weighted by Crippen LogP contribution is 2.40. The van der Waals surface area contributed by atoms with Gasteiger partial charge >= 0.3 is 17.7 Å². The van der Waals surface area contributed by atoms with E-state index in [0.29, 0.717) is 6.42 Å². The van der Waals surface area contributed by atoms with Crippen molar-refractivity contribution in [1.82, 2.24) is 10.6 Å². The number of nitro benzene ring substituents is 1. The smallest absolute Gasteiger partial charge is 0.338 e. The zero-order valence-electron chi connectivity index (χ0n) is 15.4. The number of nitrogens with one attached hydrogen (secondary N) is 2. The zero-order chi connectivity index (χ0) is 20.3. The maximum atomic E-state index is 12.6. The average Bonchev–Trinajstić information content (AvgIpc) is 2.60. The first kappa shape index (κ1) is 20.0. The molecule has 27 heavy (non-hydrogen) atoms. The average molecular weight is 379 g/mol. The van der Waals surface area contributed by atoms with Gasteiger partial charge in [0.05, 0.1) is 29.8 Å². The summed E-state index contributed by atoms with van der Waals surface area (Å²) in [7, 11) is 1.24. The molecule has 0 spiro atoms. The Balaban J connectivity index is 2.58. The molecule has 0 saturated carbocycles. The lowest BCUT2D eigenvalue weighted by atomic mass is 9.94. The molecule has 2 atom stereocenters. The molecule has 0 unspecified atom stereocenters. The van der Waals surface area contributed by atoms with Crippen LogP contribution in [0.1, 0.15) is 38.8 Å². The molecule has 1 aliphatic heterocycles. The number of benzene rings is 1. The van der Waals surface area contributed by atoms with E-state index in [1.54, 1.807) is 6.92 Å². The molecule has 2 rings (SSSR count). The normalized spacial score (nSPS) is 17.6. The van der Waals surface area contributed by atoms with E-state index in [4.69, 9.17) is 9.47 Å². The molecule has 0 saturated heterocycles. The van der Waals surface area contributed by atoms with Crippen LogP contribution in [-0.2, 0) is 9.53 Å². The van der Waals surface area contributed by atoms with Gasteiger partial charge in [-0.1, -0.05) is 6.92 Å². The molecule has 10 heteroatoms. The van der Waals surface area contributed by atoms with Crippen LogP contribution in [0.5, 0.6) is 11.5 Å². The third kappa shape index (κ3) is 4.10. The molecule has 10 nitrogen and oxygen atoms in total. The number of allylic oxidation sites excluding steroid dienone is 1. The first-order valence-electron chi connectivity index (χ1n) is 8.24. The van der Waals surface area contributed by atoms with Gasteiger partial charge in [-0.25, -0.2) is 9.59 Å². The summed E-state index contributed by atoms with van der Waals surface area (Å²) in [6, 6.07) is 0.816. The number of rotatable bonds is 6. The number of urea groups is 1. The molecule has 1 aromatic rings. The van der Waals surface area contributed by atoms with Crippen LogP contribution in [-0.4, -0.2) is 35.2 Å². The van der Waals surface area contributed by atoms with E-state index in [9.17, 15) is 24.8 Å². The maximum absolute atomic E-state index is 12.6. The Morgan fingerprint density at radius 2 is 2.11 bits per heavy atom. The number of phenols is 1. The van der Waals surface area contributed by atoms with Gasteiger partial charge in [-0.15, -0.1) is 0 Å². The molecule has 1 heterocycles. The first-order chi connectivity index (χ1) is 12.7. The Kier molecular flexibility index (Phi) is 5.88. The lowest BCUT2D eigenvalue weighted by molar-refractivity contribution is -0.386. The minimum absolute atomic E-state index is 0.108. The summed E-state index contributed by atoms with van der Waals surface area (Å²) in [6.45, 7) is 5.11. The molecule has 0 aromatic heterocycles. The van der Waals surface area contributed by atoms with Crippen molar-refractivity contribution in [2.24, 2.45) is 0 Å². The second kappa shape index (κ2) is 7.94. The summed E-state index contributed by atoms with van der Waals surface area (Å²) in [6.07, 6.45) is 0.251. The lowest BCUT2D eigenvalue weighted by Gasteiger charge is -2.29. The number of aromatic hydroxyl groups is 1. The molecule has 0 aliphatic carbocycles. The number of ether oxygens (including phenoxy) is 2. The first-order valence-corrected chi connectivity index (χ1v) is 8.24. The molecule has 2 amide bonds. The molecule has 1 aliphatic rings. The fourth-order valence-electron chi connectivity index (χ4n) is 2.62. The van der Waals surface area contributed by atoms with E-state index in [0.717, 1.165) is 6.07 Å². The van der Waals surface area contributed by atoms with Crippen molar-refractivity contribution < 1.29 is 29.1 Å². The van der Waals surface area contributed by atoms with Crippen molar-refractivity contribution in [3.05, 3.63) is 39.1 Å². The third-order valence-electron chi connectivity index (χ3n) is 4.20. The number of carbonyl (C=O) groups excluding carboxylic acids is 2. The van der Waals surface area contributed by atoms with Crippen LogP contribution in [0.15, 0.2) is 23.4 Å². The van der Waals surface area contributed by atoms with Gasteiger partial charge in [-0.3, -0.25) is 10.1 Å². The van der Waals surface area contributed by atoms with Gasteiger partial charge in [-0.05, 0) is 31.9 Å². The van der Waals surface area contributed by atoms with E-state index in [1.807, 2.05) is 6.92 Å². The summed E-state index contributed by atoms with van der Waals surface area (Å²) in [5, 5.41) is 26.2. The number of amides is 2. The van der Waals surface area contributed by atoms with Crippen molar-refractivity contribution in [2.75, 3.05) is 7.11 Å². The number of phenolic OH excluding ortho intramolecular Hbond substituents is 1. The fraction of sp³-hybridized carbons (Fsp3) is 0.412. The van der Waals surface area contributed by atoms with Crippen molar-refractivity contribution in [1.29, 1.82) is 0 Å². The third-order valence-corrected chi connectivity index (χ3v) is 4.20. The van der Waals surface area contributed by atoms with Gasteiger partial charge in [0, 0.05) is 11.8 Å². The fourth-order valence-corrected chi connectivity index (χ4v) is 2.62. The topological polar surface area (TPSA) is 140 Å². The number of hydrogen-bond acceptors (Lipinski definition) is 7. The lowest BCUT2D eigenvalue weighted by Crippen LogP contribution is -2.45. The number of methoxy groups -OCH3 is 1. The predicted octanol–water partition coefficient (Wildman–Crippen LogP) is 2.28.